The molecule has 0 saturated carbocycles. The van der Waals surface area contributed by atoms with Gasteiger partial charge in [0.25, 0.3) is 5.92 Å². The monoisotopic (exact) mass is 201 g/mol. The van der Waals surface area contributed by atoms with E-state index in [9.17, 15) is 13.6 Å². The predicted molar refractivity (Wildman–Crippen MR) is 40.8 cm³/mol. The second-order valence-electron chi connectivity index (χ2n) is 2.33. The Morgan fingerprint density at radius 2 is 2.17 bits per heavy atom. The van der Waals surface area contributed by atoms with Crippen molar-refractivity contribution in [3.63, 3.8) is 0 Å². The normalized spacial score (nSPS) is 25.8. The Kier molecular flexibility index (Phi) is 4.41. The van der Waals surface area contributed by atoms with Crippen molar-refractivity contribution >= 4 is 17.6 Å². The second kappa shape index (κ2) is 4.57. The zero-order chi connectivity index (χ0) is 9.78. The van der Waals surface area contributed by atoms with Crippen LogP contribution in [0.4, 0.5) is 8.78 Å². The van der Waals surface area contributed by atoms with Crippen LogP contribution in [-0.2, 0) is 4.79 Å². The number of hydrogen-bond donors (Lipinski definition) is 2. The molecule has 0 aromatic heterocycles. The molecule has 72 valence electrons. The van der Waals surface area contributed by atoms with Gasteiger partial charge >= 0.3 is 5.97 Å². The summed E-state index contributed by atoms with van der Waals surface area (Å²) < 4.78 is 24.5. The van der Waals surface area contributed by atoms with Gasteiger partial charge in [-0.25, -0.2) is 8.78 Å². The summed E-state index contributed by atoms with van der Waals surface area (Å²) in [4.78, 5) is 10.1. The van der Waals surface area contributed by atoms with Crippen LogP contribution in [0, 0.1) is 0 Å². The van der Waals surface area contributed by atoms with Crippen molar-refractivity contribution < 1.29 is 18.7 Å². The summed E-state index contributed by atoms with van der Waals surface area (Å²) in [7, 11) is 0. The molecule has 0 radical (unpaired) electrons. The van der Waals surface area contributed by atoms with Crippen LogP contribution in [0.2, 0.25) is 0 Å². The number of nitrogens with one attached hydrogen (secondary N) is 1. The zero-order valence-electron chi connectivity index (χ0n) is 6.48. The van der Waals surface area contributed by atoms with Crippen LogP contribution in [0.25, 0.3) is 0 Å². The summed E-state index contributed by atoms with van der Waals surface area (Å²) in [5.74, 6) is -4.06. The number of halogens is 3. The van der Waals surface area contributed by atoms with Crippen molar-refractivity contribution in [1.82, 2.24) is 5.32 Å². The highest BCUT2D eigenvalue weighted by Crippen LogP contribution is 2.24. The Morgan fingerprint density at radius 1 is 1.67 bits per heavy atom. The van der Waals surface area contributed by atoms with Crippen molar-refractivity contribution in [2.24, 2.45) is 0 Å². The summed E-state index contributed by atoms with van der Waals surface area (Å²) in [6.45, 7) is -0.524. The number of carbonyl (C=O) groups is 1. The van der Waals surface area contributed by atoms with Gasteiger partial charge in [-0.15, -0.1) is 11.6 Å². The van der Waals surface area contributed by atoms with E-state index < -0.39 is 30.9 Å². The number of hydrogen-bond acceptors (Lipinski definition) is 2. The molecule has 1 saturated heterocycles. The number of alkyl halides is 3. The zero-order valence-corrected chi connectivity index (χ0v) is 7.24. The minimum Gasteiger partial charge on any atom is -0.480 e. The van der Waals surface area contributed by atoms with E-state index in [1.54, 1.807) is 0 Å². The fourth-order valence-electron chi connectivity index (χ4n) is 0.890. The maximum absolute atomic E-state index is 12.2. The Labute approximate surface area is 73.7 Å². The molecule has 0 bridgehead atoms. The third kappa shape index (κ3) is 3.32. The number of rotatable bonds is 1. The Balaban J connectivity index is 0.000000561. The average molecular weight is 202 g/mol. The van der Waals surface area contributed by atoms with Crippen molar-refractivity contribution in [2.75, 3.05) is 12.9 Å². The lowest BCUT2D eigenvalue weighted by Crippen LogP contribution is -2.30. The van der Waals surface area contributed by atoms with E-state index in [0.29, 0.717) is 0 Å². The molecule has 6 heteroatoms. The van der Waals surface area contributed by atoms with Crippen molar-refractivity contribution in [1.29, 1.82) is 0 Å². The lowest BCUT2D eigenvalue weighted by atomic mass is 10.2. The first kappa shape index (κ1) is 11.6. The molecule has 12 heavy (non-hydrogen) atoms. The smallest absolute Gasteiger partial charge is 0.320 e. The molecule has 1 heterocycles. The average Bonchev–Trinajstić information content (AvgIpc) is 2.35. The SMILES string of the molecule is CCl.O=C(O)[C@@H]1CC(F)(F)CN1. The van der Waals surface area contributed by atoms with Gasteiger partial charge in [0.2, 0.25) is 0 Å². The van der Waals surface area contributed by atoms with Crippen LogP contribution in [0.1, 0.15) is 6.42 Å². The largest absolute Gasteiger partial charge is 0.480 e. The Hall–Kier alpha value is -0.420. The molecule has 1 aliphatic rings. The molecular formula is C6H10ClF2NO2. The van der Waals surface area contributed by atoms with E-state index >= 15 is 0 Å². The van der Waals surface area contributed by atoms with Crippen LogP contribution in [-0.4, -0.2) is 36.0 Å². The van der Waals surface area contributed by atoms with Crippen molar-refractivity contribution in [3.05, 3.63) is 0 Å². The molecule has 1 aliphatic heterocycles. The molecule has 1 fully saturated rings. The van der Waals surface area contributed by atoms with E-state index in [0.717, 1.165) is 0 Å². The molecule has 3 nitrogen and oxygen atoms in total. The number of carboxylic acids is 1. The molecule has 0 aromatic carbocycles. The summed E-state index contributed by atoms with van der Waals surface area (Å²) in [5, 5.41) is 10.4. The molecule has 0 amide bonds. The second-order valence-corrected chi connectivity index (χ2v) is 2.33. The Bertz CT molecular complexity index is 166. The summed E-state index contributed by atoms with van der Waals surface area (Å²) in [6, 6.07) is -1.07. The van der Waals surface area contributed by atoms with Crippen molar-refractivity contribution in [3.8, 4) is 0 Å². The minimum absolute atomic E-state index is 0.524. The predicted octanol–water partition coefficient (Wildman–Crippen LogP) is 0.923. The first-order valence-electron chi connectivity index (χ1n) is 3.23. The highest BCUT2D eigenvalue weighted by molar-refractivity contribution is 6.15. The molecule has 1 rings (SSSR count). The summed E-state index contributed by atoms with van der Waals surface area (Å²) in [6.07, 6.45) is 0.877. The number of carboxylic acid groups (broad SMARTS) is 1. The third-order valence-corrected chi connectivity index (χ3v) is 1.41. The minimum atomic E-state index is -2.84. The summed E-state index contributed by atoms with van der Waals surface area (Å²) >= 11 is 4.64. The fourth-order valence-corrected chi connectivity index (χ4v) is 0.890. The highest BCUT2D eigenvalue weighted by Gasteiger charge is 2.42. The van der Waals surface area contributed by atoms with Crippen LogP contribution in [0.5, 0.6) is 0 Å². The van der Waals surface area contributed by atoms with Gasteiger partial charge in [-0.3, -0.25) is 10.1 Å². The highest BCUT2D eigenvalue weighted by atomic mass is 35.5. The van der Waals surface area contributed by atoms with E-state index in [1.165, 1.54) is 6.38 Å². The van der Waals surface area contributed by atoms with Gasteiger partial charge in [-0.2, -0.15) is 0 Å². The molecule has 1 atom stereocenters. The lowest BCUT2D eigenvalue weighted by molar-refractivity contribution is -0.139. The van der Waals surface area contributed by atoms with E-state index in [1.807, 2.05) is 0 Å². The first-order chi connectivity index (χ1) is 5.51. The molecule has 2 N–H and O–H groups in total. The van der Waals surface area contributed by atoms with Crippen LogP contribution >= 0.6 is 11.6 Å². The molecule has 0 unspecified atom stereocenters. The van der Waals surface area contributed by atoms with Gasteiger partial charge in [0.1, 0.15) is 6.04 Å². The van der Waals surface area contributed by atoms with Gasteiger partial charge in [0.05, 0.1) is 6.54 Å². The molecule has 0 aromatic rings. The van der Waals surface area contributed by atoms with Crippen LogP contribution < -0.4 is 5.32 Å². The van der Waals surface area contributed by atoms with Gasteiger partial charge < -0.3 is 5.11 Å². The maximum Gasteiger partial charge on any atom is 0.320 e. The van der Waals surface area contributed by atoms with Crippen molar-refractivity contribution in [2.45, 2.75) is 18.4 Å². The quantitative estimate of drug-likeness (QED) is 0.621. The van der Waals surface area contributed by atoms with Gasteiger partial charge in [0.15, 0.2) is 0 Å². The van der Waals surface area contributed by atoms with Gasteiger partial charge in [-0.05, 0) is 0 Å². The van der Waals surface area contributed by atoms with E-state index in [-0.39, 0.29) is 0 Å². The van der Waals surface area contributed by atoms with Gasteiger partial charge in [0, 0.05) is 12.8 Å². The van der Waals surface area contributed by atoms with Gasteiger partial charge in [-0.1, -0.05) is 0 Å². The molecule has 0 spiro atoms. The van der Waals surface area contributed by atoms with Crippen LogP contribution in [0.15, 0.2) is 0 Å². The molecule has 0 aliphatic carbocycles. The molecular weight excluding hydrogens is 192 g/mol. The Morgan fingerprint density at radius 3 is 2.33 bits per heavy atom. The van der Waals surface area contributed by atoms with E-state index in [2.05, 4.69) is 16.9 Å². The lowest BCUT2D eigenvalue weighted by Gasteiger charge is -2.03. The summed E-state index contributed by atoms with van der Waals surface area (Å²) in [5.41, 5.74) is 0. The van der Waals surface area contributed by atoms with E-state index in [4.69, 9.17) is 5.11 Å². The topological polar surface area (TPSA) is 49.3 Å². The maximum atomic E-state index is 12.2. The van der Waals surface area contributed by atoms with Crippen LogP contribution in [0.3, 0.4) is 0 Å². The third-order valence-electron chi connectivity index (χ3n) is 1.41. The fraction of sp³-hybridized carbons (Fsp3) is 0.833. The first-order valence-corrected chi connectivity index (χ1v) is 3.99. The number of aliphatic carboxylic acids is 1. The standard InChI is InChI=1S/C5H7F2NO2.CH3Cl/c6-5(7)1-3(4(9)10)8-2-5;1-2/h3,8H,1-2H2,(H,9,10);1H3/t3-;/m0./s1.